The Balaban J connectivity index is 1.99. The Morgan fingerprint density at radius 3 is 2.90 bits per heavy atom. The Morgan fingerprint density at radius 1 is 1.45 bits per heavy atom. The number of carboxylic acids is 1. The molecule has 0 bridgehead atoms. The monoisotopic (exact) mass is 277 g/mol. The van der Waals surface area contributed by atoms with Gasteiger partial charge >= 0.3 is 5.97 Å². The average molecular weight is 277 g/mol. The van der Waals surface area contributed by atoms with Gasteiger partial charge in [0.15, 0.2) is 0 Å². The van der Waals surface area contributed by atoms with Crippen molar-refractivity contribution in [3.8, 4) is 5.75 Å². The van der Waals surface area contributed by atoms with Crippen LogP contribution < -0.4 is 10.1 Å². The van der Waals surface area contributed by atoms with Crippen LogP contribution in [0.5, 0.6) is 5.75 Å². The van der Waals surface area contributed by atoms with Gasteiger partial charge in [0.2, 0.25) is 5.91 Å². The van der Waals surface area contributed by atoms with E-state index in [1.807, 2.05) is 31.2 Å². The van der Waals surface area contributed by atoms with E-state index in [0.29, 0.717) is 25.9 Å². The molecule has 2 atom stereocenters. The lowest BCUT2D eigenvalue weighted by atomic mass is 9.95. The van der Waals surface area contributed by atoms with Crippen molar-refractivity contribution in [1.82, 2.24) is 5.32 Å². The molecule has 0 aromatic heterocycles. The number of aliphatic carboxylic acids is 1. The van der Waals surface area contributed by atoms with Crippen LogP contribution in [0.2, 0.25) is 0 Å². The predicted molar refractivity (Wildman–Crippen MR) is 73.6 cm³/mol. The van der Waals surface area contributed by atoms with Crippen molar-refractivity contribution in [3.63, 3.8) is 0 Å². The second-order valence-electron chi connectivity index (χ2n) is 5.01. The Labute approximate surface area is 117 Å². The minimum atomic E-state index is -0.989. The van der Waals surface area contributed by atoms with Gasteiger partial charge in [-0.15, -0.1) is 0 Å². The van der Waals surface area contributed by atoms with Crippen LogP contribution in [0.1, 0.15) is 25.3 Å². The van der Waals surface area contributed by atoms with Crippen molar-refractivity contribution >= 4 is 11.9 Å². The Morgan fingerprint density at radius 2 is 2.20 bits per heavy atom. The fourth-order valence-electron chi connectivity index (χ4n) is 2.33. The molecule has 1 heterocycles. The van der Waals surface area contributed by atoms with E-state index in [-0.39, 0.29) is 11.8 Å². The minimum absolute atomic E-state index is 0.250. The van der Waals surface area contributed by atoms with E-state index in [1.165, 1.54) is 0 Å². The number of amides is 1. The summed E-state index contributed by atoms with van der Waals surface area (Å²) < 4.78 is 5.55. The number of carbonyl (C=O) groups excluding carboxylic acids is 1. The van der Waals surface area contributed by atoms with Crippen molar-refractivity contribution < 1.29 is 19.4 Å². The number of hydrogen-bond donors (Lipinski definition) is 2. The molecule has 0 radical (unpaired) electrons. The molecule has 0 aliphatic carbocycles. The zero-order valence-corrected chi connectivity index (χ0v) is 11.5. The van der Waals surface area contributed by atoms with Crippen LogP contribution in [0, 0.1) is 5.92 Å². The lowest BCUT2D eigenvalue weighted by molar-refractivity contribution is -0.143. The lowest BCUT2D eigenvalue weighted by Crippen LogP contribution is -2.46. The van der Waals surface area contributed by atoms with E-state index in [9.17, 15) is 9.59 Å². The van der Waals surface area contributed by atoms with E-state index in [1.54, 1.807) is 0 Å². The predicted octanol–water partition coefficient (Wildman–Crippen LogP) is 1.61. The summed E-state index contributed by atoms with van der Waals surface area (Å²) in [6.07, 6.45) is 1.73. The highest BCUT2D eigenvalue weighted by Gasteiger charge is 2.28. The molecule has 108 valence electrons. The third kappa shape index (κ3) is 3.29. The molecule has 0 fully saturated rings. The minimum Gasteiger partial charge on any atom is -0.492 e. The molecular formula is C15H19NO4. The molecule has 0 saturated carbocycles. The Kier molecular flexibility index (Phi) is 4.61. The zero-order valence-electron chi connectivity index (χ0n) is 11.5. The smallest absolute Gasteiger partial charge is 0.326 e. The number of carboxylic acid groups (broad SMARTS) is 1. The Hall–Kier alpha value is -2.04. The molecule has 0 spiro atoms. The van der Waals surface area contributed by atoms with Gasteiger partial charge in [-0.3, -0.25) is 4.79 Å². The summed E-state index contributed by atoms with van der Waals surface area (Å²) in [5.74, 6) is -0.763. The summed E-state index contributed by atoms with van der Waals surface area (Å²) in [5, 5.41) is 11.7. The third-order valence-corrected chi connectivity index (χ3v) is 3.44. The summed E-state index contributed by atoms with van der Waals surface area (Å²) in [6.45, 7) is 2.18. The van der Waals surface area contributed by atoms with Gasteiger partial charge in [0.1, 0.15) is 18.4 Å². The second kappa shape index (κ2) is 6.41. The largest absolute Gasteiger partial charge is 0.492 e. The summed E-state index contributed by atoms with van der Waals surface area (Å²) in [7, 11) is 0. The molecule has 0 saturated heterocycles. The quantitative estimate of drug-likeness (QED) is 0.857. The molecule has 1 amide bonds. The first-order valence-electron chi connectivity index (χ1n) is 6.85. The molecule has 1 aromatic carbocycles. The first-order chi connectivity index (χ1) is 9.61. The van der Waals surface area contributed by atoms with Crippen LogP contribution in [-0.2, 0) is 16.0 Å². The maximum atomic E-state index is 12.1. The van der Waals surface area contributed by atoms with E-state index in [2.05, 4.69) is 5.32 Å². The highest BCUT2D eigenvalue weighted by atomic mass is 16.5. The second-order valence-corrected chi connectivity index (χ2v) is 5.01. The van der Waals surface area contributed by atoms with Crippen LogP contribution in [0.15, 0.2) is 24.3 Å². The SMILES string of the molecule is CCC[C@@H](NC(=O)C1COc2ccccc2C1)C(=O)O. The van der Waals surface area contributed by atoms with Gasteiger partial charge in [0, 0.05) is 0 Å². The van der Waals surface area contributed by atoms with Crippen LogP contribution in [-0.4, -0.2) is 29.6 Å². The van der Waals surface area contributed by atoms with Crippen molar-refractivity contribution in [2.24, 2.45) is 5.92 Å². The number of benzene rings is 1. The molecule has 1 aliphatic heterocycles. The fraction of sp³-hybridized carbons (Fsp3) is 0.467. The highest BCUT2D eigenvalue weighted by Crippen LogP contribution is 2.26. The van der Waals surface area contributed by atoms with Gasteiger partial charge in [0.25, 0.3) is 0 Å². The molecule has 1 aromatic rings. The molecule has 2 N–H and O–H groups in total. The van der Waals surface area contributed by atoms with Crippen LogP contribution in [0.25, 0.3) is 0 Å². The van der Waals surface area contributed by atoms with Crippen LogP contribution in [0.3, 0.4) is 0 Å². The van der Waals surface area contributed by atoms with Crippen LogP contribution in [0.4, 0.5) is 0 Å². The molecule has 5 nitrogen and oxygen atoms in total. The van der Waals surface area contributed by atoms with Gasteiger partial charge < -0.3 is 15.2 Å². The van der Waals surface area contributed by atoms with E-state index in [4.69, 9.17) is 9.84 Å². The molecule has 2 rings (SSSR count). The van der Waals surface area contributed by atoms with Gasteiger partial charge in [-0.2, -0.15) is 0 Å². The topological polar surface area (TPSA) is 75.6 Å². The maximum Gasteiger partial charge on any atom is 0.326 e. The molecule has 1 unspecified atom stereocenters. The molecule has 5 heteroatoms. The first-order valence-corrected chi connectivity index (χ1v) is 6.85. The van der Waals surface area contributed by atoms with Gasteiger partial charge in [-0.1, -0.05) is 31.5 Å². The van der Waals surface area contributed by atoms with E-state index < -0.39 is 12.0 Å². The van der Waals surface area contributed by atoms with E-state index >= 15 is 0 Å². The normalized spacial score (nSPS) is 18.6. The lowest BCUT2D eigenvalue weighted by Gasteiger charge is -2.25. The van der Waals surface area contributed by atoms with Crippen molar-refractivity contribution in [2.45, 2.75) is 32.2 Å². The number of nitrogens with one attached hydrogen (secondary N) is 1. The number of rotatable bonds is 5. The first kappa shape index (κ1) is 14.4. The summed E-state index contributed by atoms with van der Waals surface area (Å²) >= 11 is 0. The molecule has 1 aliphatic rings. The van der Waals surface area contributed by atoms with Crippen molar-refractivity contribution in [3.05, 3.63) is 29.8 Å². The number of para-hydroxylation sites is 1. The molecular weight excluding hydrogens is 258 g/mol. The zero-order chi connectivity index (χ0) is 14.5. The number of hydrogen-bond acceptors (Lipinski definition) is 3. The highest BCUT2D eigenvalue weighted by molar-refractivity contribution is 5.85. The third-order valence-electron chi connectivity index (χ3n) is 3.44. The summed E-state index contributed by atoms with van der Waals surface area (Å²) in [4.78, 5) is 23.2. The van der Waals surface area contributed by atoms with Crippen molar-refractivity contribution in [2.75, 3.05) is 6.61 Å². The fourth-order valence-corrected chi connectivity index (χ4v) is 2.33. The number of fused-ring (bicyclic) bond motifs is 1. The van der Waals surface area contributed by atoms with Gasteiger partial charge in [0.05, 0.1) is 5.92 Å². The summed E-state index contributed by atoms with van der Waals surface area (Å²) in [6, 6.07) is 6.78. The van der Waals surface area contributed by atoms with Crippen molar-refractivity contribution in [1.29, 1.82) is 0 Å². The standard InChI is InChI=1S/C15H19NO4/c1-2-5-12(15(18)19)16-14(17)11-8-10-6-3-4-7-13(10)20-9-11/h3-4,6-7,11-12H,2,5,8-9H2,1H3,(H,16,17)(H,18,19)/t11?,12-/m1/s1. The van der Waals surface area contributed by atoms with Crippen LogP contribution >= 0.6 is 0 Å². The number of carbonyl (C=O) groups is 2. The average Bonchev–Trinajstić information content (AvgIpc) is 2.46. The summed E-state index contributed by atoms with van der Waals surface area (Å²) in [5.41, 5.74) is 0.987. The Bertz CT molecular complexity index is 500. The van der Waals surface area contributed by atoms with Gasteiger partial charge in [-0.25, -0.2) is 4.79 Å². The van der Waals surface area contributed by atoms with E-state index in [0.717, 1.165) is 11.3 Å². The maximum absolute atomic E-state index is 12.1. The molecule has 20 heavy (non-hydrogen) atoms. The number of ether oxygens (including phenoxy) is 1. The van der Waals surface area contributed by atoms with Gasteiger partial charge in [-0.05, 0) is 24.5 Å².